The molecule has 0 amide bonds. The van der Waals surface area contributed by atoms with Crippen molar-refractivity contribution in [2.24, 2.45) is 0 Å². The van der Waals surface area contributed by atoms with E-state index >= 15 is 0 Å². The number of thiazole rings is 1. The van der Waals surface area contributed by atoms with Gasteiger partial charge in [0.2, 0.25) is 0 Å². The molecule has 0 bridgehead atoms. The van der Waals surface area contributed by atoms with Crippen LogP contribution in [0.3, 0.4) is 0 Å². The number of hydrogen-bond donors (Lipinski definition) is 1. The zero-order chi connectivity index (χ0) is 14.2. The summed E-state index contributed by atoms with van der Waals surface area (Å²) in [5.41, 5.74) is 7.02. The van der Waals surface area contributed by atoms with E-state index in [0.29, 0.717) is 15.6 Å². The molecule has 2 heterocycles. The molecule has 0 aliphatic heterocycles. The van der Waals surface area contributed by atoms with Crippen molar-refractivity contribution in [2.45, 2.75) is 13.1 Å². The maximum atomic E-state index is 12.4. The second kappa shape index (κ2) is 4.97. The van der Waals surface area contributed by atoms with Gasteiger partial charge in [-0.15, -0.1) is 11.3 Å². The van der Waals surface area contributed by atoms with Crippen LogP contribution in [0.25, 0.3) is 10.6 Å². The van der Waals surface area contributed by atoms with Gasteiger partial charge >= 0.3 is 6.18 Å². The summed E-state index contributed by atoms with van der Waals surface area (Å²) in [6.45, 7) is 0.765. The maximum absolute atomic E-state index is 12.4. The third-order valence-electron chi connectivity index (χ3n) is 2.30. The molecular weight excluding hydrogens is 297 g/mol. The van der Waals surface area contributed by atoms with Gasteiger partial charge in [-0.3, -0.25) is 0 Å². The van der Waals surface area contributed by atoms with Crippen LogP contribution >= 0.6 is 22.9 Å². The molecule has 0 saturated heterocycles. The summed E-state index contributed by atoms with van der Waals surface area (Å²) < 4.78 is 41.2. The average Bonchev–Trinajstić information content (AvgIpc) is 2.81. The number of anilines is 2. The molecule has 4 nitrogen and oxygen atoms in total. The van der Waals surface area contributed by atoms with Gasteiger partial charge in [-0.2, -0.15) is 17.5 Å². The Morgan fingerprint density at radius 2 is 2.11 bits per heavy atom. The number of alkyl halides is 3. The summed E-state index contributed by atoms with van der Waals surface area (Å²) in [6, 6.07) is 0. The zero-order valence-corrected chi connectivity index (χ0v) is 11.8. The van der Waals surface area contributed by atoms with Crippen LogP contribution in [0, 0.1) is 6.92 Å². The first-order chi connectivity index (χ1) is 8.78. The summed E-state index contributed by atoms with van der Waals surface area (Å²) in [5.74, 6) is 0.211. The first-order valence-corrected chi connectivity index (χ1v) is 6.89. The molecule has 0 radical (unpaired) electrons. The fraction of sp³-hybridized carbons (Fsp3) is 0.400. The first kappa shape index (κ1) is 14.1. The van der Waals surface area contributed by atoms with Crippen LogP contribution in [0.5, 0.6) is 0 Å². The molecule has 19 heavy (non-hydrogen) atoms. The molecule has 0 aliphatic rings. The number of rotatable bonds is 3. The van der Waals surface area contributed by atoms with Crippen molar-refractivity contribution in [1.82, 2.24) is 9.36 Å². The van der Waals surface area contributed by atoms with Gasteiger partial charge in [-0.1, -0.05) is 0 Å². The Hall–Kier alpha value is -1.35. The second-order valence-corrected chi connectivity index (χ2v) is 5.62. The molecule has 2 N–H and O–H groups in total. The number of halogens is 3. The van der Waals surface area contributed by atoms with E-state index in [4.69, 9.17) is 5.73 Å². The molecule has 0 aromatic carbocycles. The van der Waals surface area contributed by atoms with Crippen LogP contribution in [0.4, 0.5) is 24.0 Å². The third kappa shape index (κ3) is 3.16. The highest BCUT2D eigenvalue weighted by Gasteiger charge is 2.31. The van der Waals surface area contributed by atoms with Crippen LogP contribution in [0.2, 0.25) is 0 Å². The van der Waals surface area contributed by atoms with E-state index in [2.05, 4.69) is 9.36 Å². The summed E-state index contributed by atoms with van der Waals surface area (Å²) in [4.78, 5) is 5.35. The maximum Gasteiger partial charge on any atom is 0.405 e. The lowest BCUT2D eigenvalue weighted by Gasteiger charge is -2.19. The third-order valence-corrected chi connectivity index (χ3v) is 4.25. The van der Waals surface area contributed by atoms with Gasteiger partial charge in [0, 0.05) is 18.1 Å². The fourth-order valence-corrected chi connectivity index (χ4v) is 3.25. The molecule has 2 aromatic rings. The van der Waals surface area contributed by atoms with E-state index in [1.54, 1.807) is 0 Å². The highest BCUT2D eigenvalue weighted by atomic mass is 32.1. The second-order valence-electron chi connectivity index (χ2n) is 4.01. The zero-order valence-electron chi connectivity index (χ0n) is 10.2. The van der Waals surface area contributed by atoms with E-state index in [-0.39, 0.29) is 5.82 Å². The van der Waals surface area contributed by atoms with Crippen molar-refractivity contribution < 1.29 is 13.2 Å². The van der Waals surface area contributed by atoms with E-state index in [0.717, 1.165) is 22.1 Å². The average molecular weight is 308 g/mol. The highest BCUT2D eigenvalue weighted by molar-refractivity contribution is 7.15. The van der Waals surface area contributed by atoms with Crippen molar-refractivity contribution in [3.05, 3.63) is 11.1 Å². The monoisotopic (exact) mass is 308 g/mol. The van der Waals surface area contributed by atoms with Crippen LogP contribution in [-0.4, -0.2) is 29.1 Å². The summed E-state index contributed by atoms with van der Waals surface area (Å²) in [5, 5.41) is 2.79. The Kier molecular flexibility index (Phi) is 3.68. The van der Waals surface area contributed by atoms with Gasteiger partial charge < -0.3 is 10.6 Å². The molecule has 9 heteroatoms. The largest absolute Gasteiger partial charge is 0.405 e. The lowest BCUT2D eigenvalue weighted by atomic mass is 10.3. The van der Waals surface area contributed by atoms with Crippen molar-refractivity contribution in [3.63, 3.8) is 0 Å². The summed E-state index contributed by atoms with van der Waals surface area (Å²) >= 11 is 2.29. The van der Waals surface area contributed by atoms with Crippen molar-refractivity contribution in [3.8, 4) is 10.6 Å². The van der Waals surface area contributed by atoms with E-state index in [1.807, 2.05) is 12.3 Å². The van der Waals surface area contributed by atoms with Gasteiger partial charge in [0.05, 0.1) is 5.56 Å². The normalized spacial score (nSPS) is 11.8. The van der Waals surface area contributed by atoms with E-state index in [9.17, 15) is 13.2 Å². The van der Waals surface area contributed by atoms with Crippen LogP contribution in [0.1, 0.15) is 5.69 Å². The summed E-state index contributed by atoms with van der Waals surface area (Å²) in [7, 11) is 1.37. The van der Waals surface area contributed by atoms with Crippen LogP contribution in [-0.2, 0) is 0 Å². The number of nitrogens with two attached hydrogens (primary N) is 1. The lowest BCUT2D eigenvalue weighted by Crippen LogP contribution is -2.30. The summed E-state index contributed by atoms with van der Waals surface area (Å²) in [6.07, 6.45) is -4.27. The molecular formula is C10H11F3N4S2. The lowest BCUT2D eigenvalue weighted by molar-refractivity contribution is -0.119. The molecule has 2 aromatic heterocycles. The van der Waals surface area contributed by atoms with E-state index in [1.165, 1.54) is 18.4 Å². The molecule has 0 saturated carbocycles. The van der Waals surface area contributed by atoms with Gasteiger partial charge in [0.25, 0.3) is 0 Å². The molecule has 0 spiro atoms. The van der Waals surface area contributed by atoms with Crippen LogP contribution < -0.4 is 10.6 Å². The van der Waals surface area contributed by atoms with Gasteiger partial charge in [0.15, 0.2) is 0 Å². The number of nitrogen functional groups attached to an aromatic ring is 1. The number of hydrogen-bond acceptors (Lipinski definition) is 6. The van der Waals surface area contributed by atoms with Crippen LogP contribution in [0.15, 0.2) is 5.38 Å². The Labute approximate surface area is 115 Å². The fourth-order valence-electron chi connectivity index (χ4n) is 1.56. The van der Waals surface area contributed by atoms with Crippen molar-refractivity contribution >= 4 is 33.7 Å². The molecule has 0 aliphatic carbocycles. The van der Waals surface area contributed by atoms with E-state index < -0.39 is 12.7 Å². The Morgan fingerprint density at radius 1 is 1.42 bits per heavy atom. The molecule has 0 fully saturated rings. The topological polar surface area (TPSA) is 55.0 Å². The SMILES string of the molecule is Cc1csc(-c2c(N)nsc2N(C)CC(F)(F)F)n1. The Balaban J connectivity index is 2.38. The first-order valence-electron chi connectivity index (χ1n) is 5.23. The Bertz CT molecular complexity index is 576. The van der Waals surface area contributed by atoms with Crippen molar-refractivity contribution in [2.75, 3.05) is 24.2 Å². The Morgan fingerprint density at radius 3 is 2.63 bits per heavy atom. The quantitative estimate of drug-likeness (QED) is 0.946. The highest BCUT2D eigenvalue weighted by Crippen LogP contribution is 2.40. The molecule has 104 valence electrons. The molecule has 0 atom stereocenters. The molecule has 0 unspecified atom stereocenters. The number of aromatic nitrogens is 2. The van der Waals surface area contributed by atoms with Gasteiger partial charge in [-0.25, -0.2) is 4.98 Å². The minimum Gasteiger partial charge on any atom is -0.382 e. The predicted molar refractivity (Wildman–Crippen MR) is 71.7 cm³/mol. The van der Waals surface area contributed by atoms with Gasteiger partial charge in [0.1, 0.15) is 22.4 Å². The van der Waals surface area contributed by atoms with Crippen molar-refractivity contribution in [1.29, 1.82) is 0 Å². The number of aryl methyl sites for hydroxylation is 1. The smallest absolute Gasteiger partial charge is 0.382 e. The standard InChI is InChI=1S/C10H11F3N4S2/c1-5-3-18-8(15-5)6-7(14)16-19-9(6)17(2)4-10(11,12)13/h3H,4H2,1-2H3,(H2,14,16). The number of nitrogens with zero attached hydrogens (tertiary/aromatic N) is 3. The minimum absolute atomic E-state index is 0.211. The minimum atomic E-state index is -4.27. The molecule has 2 rings (SSSR count). The predicted octanol–water partition coefficient (Wildman–Crippen LogP) is 3.16. The van der Waals surface area contributed by atoms with Gasteiger partial charge in [-0.05, 0) is 18.5 Å².